The summed E-state index contributed by atoms with van der Waals surface area (Å²) in [5.74, 6) is 0.745. The summed E-state index contributed by atoms with van der Waals surface area (Å²) in [4.78, 5) is 1.43. The molecule has 3 heteroatoms. The normalized spacial score (nSPS) is 20.2. The van der Waals surface area contributed by atoms with E-state index in [0.717, 1.165) is 19.0 Å². The first-order valence-corrected chi connectivity index (χ1v) is 6.50. The molecule has 1 aromatic heterocycles. The van der Waals surface area contributed by atoms with Crippen molar-refractivity contribution in [3.63, 3.8) is 0 Å². The zero-order valence-corrected chi connectivity index (χ0v) is 10.4. The quantitative estimate of drug-likeness (QED) is 0.805. The topological polar surface area (TPSA) is 38.0 Å². The molecule has 2 nitrogen and oxygen atoms in total. The molecule has 1 fully saturated rings. The highest BCUT2D eigenvalue weighted by atomic mass is 32.1. The van der Waals surface area contributed by atoms with Crippen molar-refractivity contribution in [3.8, 4) is 0 Å². The van der Waals surface area contributed by atoms with Gasteiger partial charge in [0.2, 0.25) is 0 Å². The lowest BCUT2D eigenvalue weighted by Gasteiger charge is -2.24. The summed E-state index contributed by atoms with van der Waals surface area (Å²) in [5, 5.41) is 5.62. The van der Waals surface area contributed by atoms with E-state index >= 15 is 0 Å². The van der Waals surface area contributed by atoms with Crippen molar-refractivity contribution >= 4 is 11.3 Å². The van der Waals surface area contributed by atoms with E-state index in [4.69, 9.17) is 5.73 Å². The standard InChI is InChI=1S/C12H20N2S/c1-9-5-6-15-11(9)7-14-8-12(2,13)10-3-4-10/h5-6,10,14H,3-4,7-8,13H2,1-2H3. The molecule has 15 heavy (non-hydrogen) atoms. The van der Waals surface area contributed by atoms with Crippen LogP contribution in [0.25, 0.3) is 0 Å². The Morgan fingerprint density at radius 1 is 1.60 bits per heavy atom. The van der Waals surface area contributed by atoms with E-state index in [1.807, 2.05) is 11.3 Å². The minimum Gasteiger partial charge on any atom is -0.324 e. The third kappa shape index (κ3) is 2.80. The first kappa shape index (κ1) is 11.1. The van der Waals surface area contributed by atoms with Gasteiger partial charge in [-0.15, -0.1) is 11.3 Å². The molecule has 0 radical (unpaired) electrons. The first-order chi connectivity index (χ1) is 7.09. The fraction of sp³-hybridized carbons (Fsp3) is 0.667. The van der Waals surface area contributed by atoms with Gasteiger partial charge in [0.25, 0.3) is 0 Å². The van der Waals surface area contributed by atoms with Crippen molar-refractivity contribution in [2.75, 3.05) is 6.54 Å². The Bertz CT molecular complexity index is 326. The Balaban J connectivity index is 1.77. The third-order valence-electron chi connectivity index (χ3n) is 3.27. The zero-order chi connectivity index (χ0) is 10.9. The Kier molecular flexibility index (Phi) is 3.14. The molecule has 0 amide bonds. The van der Waals surface area contributed by atoms with Crippen molar-refractivity contribution in [1.82, 2.24) is 5.32 Å². The highest BCUT2D eigenvalue weighted by molar-refractivity contribution is 7.10. The van der Waals surface area contributed by atoms with E-state index in [1.54, 1.807) is 0 Å². The lowest BCUT2D eigenvalue weighted by Crippen LogP contribution is -2.47. The van der Waals surface area contributed by atoms with Crippen molar-refractivity contribution < 1.29 is 0 Å². The minimum atomic E-state index is -0.00877. The number of hydrogen-bond acceptors (Lipinski definition) is 3. The van der Waals surface area contributed by atoms with Gasteiger partial charge in [-0.1, -0.05) is 0 Å². The van der Waals surface area contributed by atoms with Crippen molar-refractivity contribution in [2.45, 2.75) is 38.8 Å². The molecule has 0 saturated heterocycles. The van der Waals surface area contributed by atoms with Gasteiger partial charge in [0, 0.05) is 23.5 Å². The van der Waals surface area contributed by atoms with E-state index in [2.05, 4.69) is 30.6 Å². The van der Waals surface area contributed by atoms with Crippen LogP contribution in [0.1, 0.15) is 30.2 Å². The zero-order valence-electron chi connectivity index (χ0n) is 9.55. The largest absolute Gasteiger partial charge is 0.324 e. The summed E-state index contributed by atoms with van der Waals surface area (Å²) >= 11 is 1.82. The molecule has 1 unspecified atom stereocenters. The van der Waals surface area contributed by atoms with Crippen LogP contribution >= 0.6 is 11.3 Å². The molecule has 0 bridgehead atoms. The minimum absolute atomic E-state index is 0.00877. The van der Waals surface area contributed by atoms with E-state index < -0.39 is 0 Å². The van der Waals surface area contributed by atoms with Gasteiger partial charge in [0.05, 0.1) is 0 Å². The summed E-state index contributed by atoms with van der Waals surface area (Å²) < 4.78 is 0. The van der Waals surface area contributed by atoms with Gasteiger partial charge >= 0.3 is 0 Å². The molecule has 0 spiro atoms. The van der Waals surface area contributed by atoms with Crippen LogP contribution in [-0.2, 0) is 6.54 Å². The fourth-order valence-corrected chi connectivity index (χ4v) is 2.79. The smallest absolute Gasteiger partial charge is 0.0303 e. The second kappa shape index (κ2) is 4.24. The van der Waals surface area contributed by atoms with E-state index in [0.29, 0.717) is 0 Å². The molecule has 2 rings (SSSR count). The number of hydrogen-bond donors (Lipinski definition) is 2. The van der Waals surface area contributed by atoms with Crippen LogP contribution in [-0.4, -0.2) is 12.1 Å². The van der Waals surface area contributed by atoms with Gasteiger partial charge in [-0.25, -0.2) is 0 Å². The summed E-state index contributed by atoms with van der Waals surface area (Å²) in [6.45, 7) is 6.22. The first-order valence-electron chi connectivity index (χ1n) is 5.62. The second-order valence-corrected chi connectivity index (χ2v) is 5.91. The van der Waals surface area contributed by atoms with Crippen molar-refractivity contribution in [3.05, 3.63) is 21.9 Å². The van der Waals surface area contributed by atoms with Gasteiger partial charge in [-0.05, 0) is 49.6 Å². The monoisotopic (exact) mass is 224 g/mol. The molecule has 3 N–H and O–H groups in total. The maximum Gasteiger partial charge on any atom is 0.0303 e. The molecule has 1 atom stereocenters. The lowest BCUT2D eigenvalue weighted by atomic mass is 9.97. The molecule has 1 saturated carbocycles. The maximum absolute atomic E-state index is 6.24. The number of nitrogens with two attached hydrogens (primary N) is 1. The van der Waals surface area contributed by atoms with Gasteiger partial charge in [-0.3, -0.25) is 0 Å². The number of aryl methyl sites for hydroxylation is 1. The summed E-state index contributed by atoms with van der Waals surface area (Å²) in [6, 6.07) is 2.17. The van der Waals surface area contributed by atoms with Crippen molar-refractivity contribution in [2.24, 2.45) is 11.7 Å². The predicted octanol–water partition coefficient (Wildman–Crippen LogP) is 2.27. The maximum atomic E-state index is 6.24. The molecule has 0 aliphatic heterocycles. The second-order valence-electron chi connectivity index (χ2n) is 4.91. The third-order valence-corrected chi connectivity index (χ3v) is 4.29. The molecule has 1 heterocycles. The van der Waals surface area contributed by atoms with E-state index in [1.165, 1.54) is 23.3 Å². The van der Waals surface area contributed by atoms with Gasteiger partial charge in [-0.2, -0.15) is 0 Å². The van der Waals surface area contributed by atoms with E-state index in [9.17, 15) is 0 Å². The van der Waals surface area contributed by atoms with Crippen LogP contribution in [0.3, 0.4) is 0 Å². The van der Waals surface area contributed by atoms with Gasteiger partial charge in [0.1, 0.15) is 0 Å². The Hall–Kier alpha value is -0.380. The molecular formula is C12H20N2S. The van der Waals surface area contributed by atoms with E-state index in [-0.39, 0.29) is 5.54 Å². The molecule has 1 aromatic rings. The lowest BCUT2D eigenvalue weighted by molar-refractivity contribution is 0.380. The van der Waals surface area contributed by atoms with Crippen LogP contribution < -0.4 is 11.1 Å². The molecule has 1 aliphatic carbocycles. The number of rotatable bonds is 5. The van der Waals surface area contributed by atoms with Crippen LogP contribution in [0.4, 0.5) is 0 Å². The molecule has 1 aliphatic rings. The predicted molar refractivity (Wildman–Crippen MR) is 66.1 cm³/mol. The molecular weight excluding hydrogens is 204 g/mol. The highest BCUT2D eigenvalue weighted by Crippen LogP contribution is 2.37. The number of nitrogens with one attached hydrogen (secondary N) is 1. The Morgan fingerprint density at radius 2 is 2.33 bits per heavy atom. The number of thiophene rings is 1. The van der Waals surface area contributed by atoms with Crippen molar-refractivity contribution in [1.29, 1.82) is 0 Å². The fourth-order valence-electron chi connectivity index (χ4n) is 1.92. The SMILES string of the molecule is Cc1ccsc1CNCC(C)(N)C1CC1. The summed E-state index contributed by atoms with van der Waals surface area (Å²) in [6.07, 6.45) is 2.62. The van der Waals surface area contributed by atoms with Crippen LogP contribution in [0.2, 0.25) is 0 Å². The van der Waals surface area contributed by atoms with Crippen LogP contribution in [0, 0.1) is 12.8 Å². The summed E-state index contributed by atoms with van der Waals surface area (Å²) in [5.41, 5.74) is 7.62. The molecule has 0 aromatic carbocycles. The molecule has 84 valence electrons. The van der Waals surface area contributed by atoms with Crippen LogP contribution in [0.15, 0.2) is 11.4 Å². The Labute approximate surface area is 95.9 Å². The van der Waals surface area contributed by atoms with Crippen LogP contribution in [0.5, 0.6) is 0 Å². The summed E-state index contributed by atoms with van der Waals surface area (Å²) in [7, 11) is 0. The average Bonchev–Trinajstić information content (AvgIpc) is 2.94. The van der Waals surface area contributed by atoms with Gasteiger partial charge in [0.15, 0.2) is 0 Å². The Morgan fingerprint density at radius 3 is 2.87 bits per heavy atom. The highest BCUT2D eigenvalue weighted by Gasteiger charge is 2.37. The van der Waals surface area contributed by atoms with Gasteiger partial charge < -0.3 is 11.1 Å². The average molecular weight is 224 g/mol.